The number of hydrogen-bond acceptors (Lipinski definition) is 1. The van der Waals surface area contributed by atoms with Gasteiger partial charge in [-0.05, 0) is 42.2 Å². The summed E-state index contributed by atoms with van der Waals surface area (Å²) in [6.07, 6.45) is 1.04. The summed E-state index contributed by atoms with van der Waals surface area (Å²) in [6.45, 7) is 12.9. The van der Waals surface area contributed by atoms with E-state index in [2.05, 4.69) is 39.6 Å². The van der Waals surface area contributed by atoms with Gasteiger partial charge in [-0.2, -0.15) is 0 Å². The number of H-pyrrole nitrogens is 1. The molecule has 0 radical (unpaired) electrons. The van der Waals surface area contributed by atoms with Gasteiger partial charge in [0.25, 0.3) is 5.56 Å². The van der Waals surface area contributed by atoms with Crippen LogP contribution in [0, 0.1) is 13.8 Å². The van der Waals surface area contributed by atoms with Crippen LogP contribution in [-0.4, -0.2) is 4.98 Å². The molecule has 2 nitrogen and oxygen atoms in total. The Labute approximate surface area is 97.1 Å². The second kappa shape index (κ2) is 2.99. The maximum Gasteiger partial charge on any atom is 0.252 e. The fourth-order valence-electron chi connectivity index (χ4n) is 3.59. The van der Waals surface area contributed by atoms with Crippen molar-refractivity contribution in [3.8, 4) is 0 Å². The standard InChI is InChI=1S/C14H21NO/c1-8-9(2)15-12(16)11-10(8)13(3,4)7-14(11,5)6/h7H2,1-6H3,(H,15,16). The minimum Gasteiger partial charge on any atom is -0.326 e. The summed E-state index contributed by atoms with van der Waals surface area (Å²) in [5, 5.41) is 0. The van der Waals surface area contributed by atoms with E-state index in [4.69, 9.17) is 0 Å². The average Bonchev–Trinajstić information content (AvgIpc) is 2.27. The van der Waals surface area contributed by atoms with E-state index in [1.54, 1.807) is 0 Å². The van der Waals surface area contributed by atoms with Crippen molar-refractivity contribution in [2.45, 2.75) is 58.8 Å². The number of rotatable bonds is 0. The van der Waals surface area contributed by atoms with Crippen LogP contribution in [0.15, 0.2) is 4.79 Å². The highest BCUT2D eigenvalue weighted by Gasteiger charge is 2.44. The molecule has 0 spiro atoms. The van der Waals surface area contributed by atoms with Crippen LogP contribution in [0.1, 0.15) is 56.5 Å². The summed E-state index contributed by atoms with van der Waals surface area (Å²) >= 11 is 0. The molecule has 0 unspecified atom stereocenters. The van der Waals surface area contributed by atoms with Gasteiger partial charge < -0.3 is 4.98 Å². The van der Waals surface area contributed by atoms with Gasteiger partial charge in [-0.1, -0.05) is 27.7 Å². The lowest BCUT2D eigenvalue weighted by molar-refractivity contribution is 0.401. The molecule has 1 N–H and O–H groups in total. The highest BCUT2D eigenvalue weighted by molar-refractivity contribution is 5.48. The van der Waals surface area contributed by atoms with Crippen molar-refractivity contribution in [3.63, 3.8) is 0 Å². The Morgan fingerprint density at radius 3 is 2.06 bits per heavy atom. The third kappa shape index (κ3) is 1.35. The normalized spacial score (nSPS) is 20.9. The molecule has 1 aromatic heterocycles. The second-order valence-corrected chi connectivity index (χ2v) is 6.40. The lowest BCUT2D eigenvalue weighted by Crippen LogP contribution is -2.25. The van der Waals surface area contributed by atoms with Gasteiger partial charge in [0.2, 0.25) is 0 Å². The Morgan fingerprint density at radius 2 is 1.50 bits per heavy atom. The minimum atomic E-state index is -0.00905. The first-order valence-electron chi connectivity index (χ1n) is 5.91. The van der Waals surface area contributed by atoms with E-state index in [-0.39, 0.29) is 16.4 Å². The molecule has 1 aliphatic rings. The van der Waals surface area contributed by atoms with Gasteiger partial charge in [-0.25, -0.2) is 0 Å². The Morgan fingerprint density at radius 1 is 1.00 bits per heavy atom. The maximum atomic E-state index is 12.1. The quantitative estimate of drug-likeness (QED) is 0.715. The minimum absolute atomic E-state index is 0.00905. The Hall–Kier alpha value is -1.05. The summed E-state index contributed by atoms with van der Waals surface area (Å²) in [7, 11) is 0. The van der Waals surface area contributed by atoms with Crippen LogP contribution < -0.4 is 5.56 Å². The number of aryl methyl sites for hydroxylation is 1. The van der Waals surface area contributed by atoms with E-state index < -0.39 is 0 Å². The largest absolute Gasteiger partial charge is 0.326 e. The first kappa shape index (κ1) is 11.4. The molecule has 1 aliphatic carbocycles. The van der Waals surface area contributed by atoms with E-state index in [1.807, 2.05) is 6.92 Å². The number of aromatic amines is 1. The highest BCUT2D eigenvalue weighted by Crippen LogP contribution is 2.48. The van der Waals surface area contributed by atoms with Crippen molar-refractivity contribution >= 4 is 0 Å². The third-order valence-electron chi connectivity index (χ3n) is 3.95. The molecule has 88 valence electrons. The smallest absolute Gasteiger partial charge is 0.252 e. The lowest BCUT2D eigenvalue weighted by atomic mass is 9.81. The number of hydrogen-bond donors (Lipinski definition) is 1. The monoisotopic (exact) mass is 219 g/mol. The zero-order valence-corrected chi connectivity index (χ0v) is 11.1. The maximum absolute atomic E-state index is 12.1. The van der Waals surface area contributed by atoms with Gasteiger partial charge in [0, 0.05) is 11.3 Å². The van der Waals surface area contributed by atoms with Crippen LogP contribution in [0.4, 0.5) is 0 Å². The van der Waals surface area contributed by atoms with Crippen LogP contribution in [0.25, 0.3) is 0 Å². The first-order valence-corrected chi connectivity index (χ1v) is 5.91. The van der Waals surface area contributed by atoms with Crippen LogP contribution in [0.3, 0.4) is 0 Å². The summed E-state index contributed by atoms with van der Waals surface area (Å²) in [5.74, 6) is 0. The molecule has 0 saturated carbocycles. The number of nitrogens with one attached hydrogen (secondary N) is 1. The third-order valence-corrected chi connectivity index (χ3v) is 3.95. The molecule has 0 saturated heterocycles. The molecule has 0 amide bonds. The summed E-state index contributed by atoms with van der Waals surface area (Å²) in [5.41, 5.74) is 4.75. The van der Waals surface area contributed by atoms with Crippen molar-refractivity contribution in [1.82, 2.24) is 4.98 Å². The highest BCUT2D eigenvalue weighted by atomic mass is 16.1. The van der Waals surface area contributed by atoms with Gasteiger partial charge in [0.05, 0.1) is 0 Å². The van der Waals surface area contributed by atoms with Crippen LogP contribution in [0.5, 0.6) is 0 Å². The molecular weight excluding hydrogens is 198 g/mol. The Kier molecular flexibility index (Phi) is 2.14. The van der Waals surface area contributed by atoms with Gasteiger partial charge in [-0.3, -0.25) is 4.79 Å². The number of pyridine rings is 1. The fraction of sp³-hybridized carbons (Fsp3) is 0.643. The Balaban J connectivity index is 2.91. The molecule has 0 aliphatic heterocycles. The zero-order chi connectivity index (χ0) is 12.3. The van der Waals surface area contributed by atoms with E-state index >= 15 is 0 Å². The van der Waals surface area contributed by atoms with Crippen LogP contribution >= 0.6 is 0 Å². The predicted octanol–water partition coefficient (Wildman–Crippen LogP) is 2.95. The predicted molar refractivity (Wildman–Crippen MR) is 67.2 cm³/mol. The van der Waals surface area contributed by atoms with Gasteiger partial charge in [0.1, 0.15) is 0 Å². The molecule has 2 rings (SSSR count). The lowest BCUT2D eigenvalue weighted by Gasteiger charge is -2.23. The van der Waals surface area contributed by atoms with Gasteiger partial charge in [-0.15, -0.1) is 0 Å². The Bertz CT molecular complexity index is 506. The molecule has 1 heterocycles. The summed E-state index contributed by atoms with van der Waals surface area (Å²) in [4.78, 5) is 15.1. The van der Waals surface area contributed by atoms with Gasteiger partial charge >= 0.3 is 0 Å². The topological polar surface area (TPSA) is 32.9 Å². The zero-order valence-electron chi connectivity index (χ0n) is 11.1. The molecule has 0 bridgehead atoms. The molecular formula is C14H21NO. The SMILES string of the molecule is Cc1[nH]c(=O)c2c(c1C)C(C)(C)CC2(C)C. The summed E-state index contributed by atoms with van der Waals surface area (Å²) in [6, 6.07) is 0. The van der Waals surface area contributed by atoms with Crippen molar-refractivity contribution in [2.24, 2.45) is 0 Å². The average molecular weight is 219 g/mol. The first-order chi connectivity index (χ1) is 7.17. The number of aromatic nitrogens is 1. The van der Waals surface area contributed by atoms with Crippen molar-refractivity contribution in [2.75, 3.05) is 0 Å². The molecule has 0 fully saturated rings. The second-order valence-electron chi connectivity index (χ2n) is 6.40. The van der Waals surface area contributed by atoms with Crippen molar-refractivity contribution < 1.29 is 0 Å². The van der Waals surface area contributed by atoms with Crippen molar-refractivity contribution in [1.29, 1.82) is 0 Å². The fourth-order valence-corrected chi connectivity index (χ4v) is 3.59. The van der Waals surface area contributed by atoms with E-state index in [9.17, 15) is 4.79 Å². The molecule has 16 heavy (non-hydrogen) atoms. The summed E-state index contributed by atoms with van der Waals surface area (Å²) < 4.78 is 0. The van der Waals surface area contributed by atoms with Crippen LogP contribution in [0.2, 0.25) is 0 Å². The van der Waals surface area contributed by atoms with E-state index in [0.717, 1.165) is 17.7 Å². The molecule has 1 aromatic rings. The molecule has 2 heteroatoms. The molecule has 0 aromatic carbocycles. The van der Waals surface area contributed by atoms with E-state index in [1.165, 1.54) is 11.1 Å². The number of fused-ring (bicyclic) bond motifs is 1. The van der Waals surface area contributed by atoms with Gasteiger partial charge in [0.15, 0.2) is 0 Å². The van der Waals surface area contributed by atoms with E-state index in [0.29, 0.717) is 0 Å². The molecule has 0 atom stereocenters. The van der Waals surface area contributed by atoms with Crippen LogP contribution in [-0.2, 0) is 10.8 Å². The van der Waals surface area contributed by atoms with Crippen molar-refractivity contribution in [3.05, 3.63) is 32.7 Å².